The van der Waals surface area contributed by atoms with Crippen molar-refractivity contribution in [3.05, 3.63) is 0 Å². The van der Waals surface area contributed by atoms with Crippen LogP contribution in [-0.2, 0) is 4.74 Å². The van der Waals surface area contributed by atoms with Crippen molar-refractivity contribution in [2.75, 3.05) is 26.3 Å². The van der Waals surface area contributed by atoms with Crippen LogP contribution in [0.1, 0.15) is 13.8 Å². The van der Waals surface area contributed by atoms with Crippen LogP contribution in [0.15, 0.2) is 0 Å². The molecule has 12 heavy (non-hydrogen) atoms. The molecule has 1 fully saturated rings. The van der Waals surface area contributed by atoms with Gasteiger partial charge in [-0.2, -0.15) is 0 Å². The van der Waals surface area contributed by atoms with Gasteiger partial charge in [0, 0.05) is 19.1 Å². The summed E-state index contributed by atoms with van der Waals surface area (Å²) in [6, 6.07) is 0.572. The molecule has 2 heteroatoms. The van der Waals surface area contributed by atoms with Gasteiger partial charge in [0.25, 0.3) is 0 Å². The Kier molecular flexibility index (Phi) is 3.58. The fourth-order valence-corrected chi connectivity index (χ4v) is 1.40. The second-order valence-electron chi connectivity index (χ2n) is 3.53. The Morgan fingerprint density at radius 3 is 2.92 bits per heavy atom. The molecule has 0 radical (unpaired) electrons. The first-order valence-corrected chi connectivity index (χ1v) is 4.52. The highest BCUT2D eigenvalue weighted by Gasteiger charge is 2.18. The van der Waals surface area contributed by atoms with Gasteiger partial charge >= 0.3 is 0 Å². The third-order valence-electron chi connectivity index (χ3n) is 2.26. The maximum absolute atomic E-state index is 5.39. The number of terminal acetylenes is 1. The highest BCUT2D eigenvalue weighted by atomic mass is 16.5. The predicted octanol–water partition coefficient (Wildman–Crippen LogP) is 0.976. The summed E-state index contributed by atoms with van der Waals surface area (Å²) in [5.41, 5.74) is 0. The Bertz CT molecular complexity index is 171. The van der Waals surface area contributed by atoms with Gasteiger partial charge in [-0.05, 0) is 13.8 Å². The molecule has 1 aliphatic rings. The average molecular weight is 167 g/mol. The summed E-state index contributed by atoms with van der Waals surface area (Å²) in [6.45, 7) is 7.91. The van der Waals surface area contributed by atoms with Crippen molar-refractivity contribution >= 4 is 0 Å². The van der Waals surface area contributed by atoms with Crippen molar-refractivity contribution < 1.29 is 4.74 Å². The van der Waals surface area contributed by atoms with Gasteiger partial charge in [0.15, 0.2) is 0 Å². The summed E-state index contributed by atoms with van der Waals surface area (Å²) in [7, 11) is 0. The monoisotopic (exact) mass is 167 g/mol. The van der Waals surface area contributed by atoms with Gasteiger partial charge in [0.2, 0.25) is 0 Å². The minimum Gasteiger partial charge on any atom is -0.379 e. The van der Waals surface area contributed by atoms with Gasteiger partial charge in [0.1, 0.15) is 0 Å². The lowest BCUT2D eigenvalue weighted by atomic mass is 10.1. The highest BCUT2D eigenvalue weighted by molar-refractivity contribution is 4.95. The molecule has 68 valence electrons. The second kappa shape index (κ2) is 4.49. The molecule has 0 N–H and O–H groups in total. The Morgan fingerprint density at radius 2 is 2.33 bits per heavy atom. The summed E-state index contributed by atoms with van der Waals surface area (Å²) in [5.74, 6) is 3.04. The SMILES string of the molecule is C#CC1COCCN(C(C)C)C1. The predicted molar refractivity (Wildman–Crippen MR) is 49.9 cm³/mol. The van der Waals surface area contributed by atoms with E-state index in [0.29, 0.717) is 6.04 Å². The Morgan fingerprint density at radius 1 is 1.58 bits per heavy atom. The zero-order valence-electron chi connectivity index (χ0n) is 7.92. The van der Waals surface area contributed by atoms with Crippen LogP contribution in [0.5, 0.6) is 0 Å². The first-order chi connectivity index (χ1) is 5.74. The van der Waals surface area contributed by atoms with E-state index in [4.69, 9.17) is 11.2 Å². The molecule has 0 amide bonds. The van der Waals surface area contributed by atoms with Gasteiger partial charge in [0.05, 0.1) is 19.1 Å². The van der Waals surface area contributed by atoms with Crippen molar-refractivity contribution in [1.82, 2.24) is 4.90 Å². The fraction of sp³-hybridized carbons (Fsp3) is 0.800. The maximum atomic E-state index is 5.39. The zero-order valence-corrected chi connectivity index (χ0v) is 7.92. The first kappa shape index (κ1) is 9.57. The van der Waals surface area contributed by atoms with Crippen LogP contribution >= 0.6 is 0 Å². The van der Waals surface area contributed by atoms with Crippen molar-refractivity contribution in [1.29, 1.82) is 0 Å². The molecular weight excluding hydrogens is 150 g/mol. The van der Waals surface area contributed by atoms with Crippen LogP contribution in [0.25, 0.3) is 0 Å². The third kappa shape index (κ3) is 2.51. The Hall–Kier alpha value is -0.520. The Labute approximate surface area is 74.9 Å². The molecule has 0 aromatic heterocycles. The lowest BCUT2D eigenvalue weighted by Gasteiger charge is -2.24. The molecule has 2 nitrogen and oxygen atoms in total. The van der Waals surface area contributed by atoms with Crippen molar-refractivity contribution in [3.63, 3.8) is 0 Å². The molecule has 1 unspecified atom stereocenters. The molecule has 1 rings (SSSR count). The van der Waals surface area contributed by atoms with Crippen molar-refractivity contribution in [3.8, 4) is 12.3 Å². The normalized spacial score (nSPS) is 26.7. The number of ether oxygens (including phenoxy) is 1. The van der Waals surface area contributed by atoms with Crippen molar-refractivity contribution in [2.45, 2.75) is 19.9 Å². The molecule has 0 saturated carbocycles. The summed E-state index contributed by atoms with van der Waals surface area (Å²) < 4.78 is 5.39. The number of hydrogen-bond donors (Lipinski definition) is 0. The number of hydrogen-bond acceptors (Lipinski definition) is 2. The summed E-state index contributed by atoms with van der Waals surface area (Å²) in [6.07, 6.45) is 5.38. The minimum atomic E-state index is 0.273. The topological polar surface area (TPSA) is 12.5 Å². The molecule has 1 heterocycles. The van der Waals surface area contributed by atoms with Crippen LogP contribution in [0.2, 0.25) is 0 Å². The highest BCUT2D eigenvalue weighted by Crippen LogP contribution is 2.08. The largest absolute Gasteiger partial charge is 0.379 e. The zero-order chi connectivity index (χ0) is 8.97. The fourth-order valence-electron chi connectivity index (χ4n) is 1.40. The minimum absolute atomic E-state index is 0.273. The molecule has 0 spiro atoms. The average Bonchev–Trinajstić information content (AvgIpc) is 2.28. The van der Waals surface area contributed by atoms with Crippen LogP contribution < -0.4 is 0 Å². The van der Waals surface area contributed by atoms with Gasteiger partial charge in [-0.25, -0.2) is 0 Å². The van der Waals surface area contributed by atoms with E-state index >= 15 is 0 Å². The van der Waals surface area contributed by atoms with Gasteiger partial charge in [-0.3, -0.25) is 4.90 Å². The quantitative estimate of drug-likeness (QED) is 0.540. The molecule has 1 saturated heterocycles. The number of rotatable bonds is 1. The van der Waals surface area contributed by atoms with E-state index in [9.17, 15) is 0 Å². The molecule has 0 aromatic carbocycles. The van der Waals surface area contributed by atoms with Gasteiger partial charge in [-0.1, -0.05) is 5.92 Å². The standard InChI is InChI=1S/C10H17NO/c1-4-10-7-11(9(2)3)5-6-12-8-10/h1,9-10H,5-8H2,2-3H3. The van der Waals surface area contributed by atoms with Crippen LogP contribution in [0, 0.1) is 18.3 Å². The lowest BCUT2D eigenvalue weighted by molar-refractivity contribution is 0.129. The summed E-state index contributed by atoms with van der Waals surface area (Å²) in [5, 5.41) is 0. The molecular formula is C10H17NO. The molecule has 0 bridgehead atoms. The first-order valence-electron chi connectivity index (χ1n) is 4.52. The molecule has 1 atom stereocenters. The van der Waals surface area contributed by atoms with E-state index in [1.807, 2.05) is 0 Å². The Balaban J connectivity index is 2.49. The van der Waals surface area contributed by atoms with E-state index in [1.165, 1.54) is 0 Å². The third-order valence-corrected chi connectivity index (χ3v) is 2.26. The van der Waals surface area contributed by atoms with Crippen LogP contribution in [0.4, 0.5) is 0 Å². The van der Waals surface area contributed by atoms with E-state index in [0.717, 1.165) is 26.3 Å². The smallest absolute Gasteiger partial charge is 0.0616 e. The lowest BCUT2D eigenvalue weighted by Crippen LogP contribution is -2.35. The van der Waals surface area contributed by atoms with Crippen molar-refractivity contribution in [2.24, 2.45) is 5.92 Å². The van der Waals surface area contributed by atoms with Gasteiger partial charge in [-0.15, -0.1) is 6.42 Å². The molecule has 0 aromatic rings. The summed E-state index contributed by atoms with van der Waals surface area (Å²) in [4.78, 5) is 2.37. The van der Waals surface area contributed by atoms with E-state index in [-0.39, 0.29) is 5.92 Å². The summed E-state index contributed by atoms with van der Waals surface area (Å²) >= 11 is 0. The number of nitrogens with zero attached hydrogens (tertiary/aromatic N) is 1. The second-order valence-corrected chi connectivity index (χ2v) is 3.53. The van der Waals surface area contributed by atoms with E-state index in [2.05, 4.69) is 24.7 Å². The van der Waals surface area contributed by atoms with Crippen LogP contribution in [0.3, 0.4) is 0 Å². The van der Waals surface area contributed by atoms with Crippen LogP contribution in [-0.4, -0.2) is 37.2 Å². The molecule has 0 aliphatic carbocycles. The van der Waals surface area contributed by atoms with E-state index in [1.54, 1.807) is 0 Å². The molecule has 1 aliphatic heterocycles. The van der Waals surface area contributed by atoms with E-state index < -0.39 is 0 Å². The van der Waals surface area contributed by atoms with Gasteiger partial charge < -0.3 is 4.74 Å². The maximum Gasteiger partial charge on any atom is 0.0616 e.